The van der Waals surface area contributed by atoms with Crippen LogP contribution in [-0.2, 0) is 14.8 Å². The largest absolute Gasteiger partial charge is 0.480 e. The summed E-state index contributed by atoms with van der Waals surface area (Å²) in [5.41, 5.74) is 0.955. The third-order valence-electron chi connectivity index (χ3n) is 3.83. The number of hydrogen-bond acceptors (Lipinski definition) is 4. The van der Waals surface area contributed by atoms with E-state index < -0.39 is 22.0 Å². The van der Waals surface area contributed by atoms with Crippen LogP contribution < -0.4 is 0 Å². The van der Waals surface area contributed by atoms with Gasteiger partial charge >= 0.3 is 5.97 Å². The summed E-state index contributed by atoms with van der Waals surface area (Å²) in [7, 11) is -3.87. The van der Waals surface area contributed by atoms with Gasteiger partial charge in [-0.2, -0.15) is 9.57 Å². The quantitative estimate of drug-likeness (QED) is 0.908. The van der Waals surface area contributed by atoms with Gasteiger partial charge in [0.15, 0.2) is 0 Å². The highest BCUT2D eigenvalue weighted by atomic mass is 32.2. The third kappa shape index (κ3) is 2.64. The van der Waals surface area contributed by atoms with Gasteiger partial charge in [0.1, 0.15) is 6.04 Å². The molecule has 1 aromatic carbocycles. The molecule has 0 aliphatic carbocycles. The van der Waals surface area contributed by atoms with Crippen molar-refractivity contribution in [1.82, 2.24) is 4.31 Å². The van der Waals surface area contributed by atoms with Gasteiger partial charge in [0.05, 0.1) is 16.5 Å². The van der Waals surface area contributed by atoms with Crippen LogP contribution in [0, 0.1) is 24.2 Å². The van der Waals surface area contributed by atoms with Crippen molar-refractivity contribution in [3.63, 3.8) is 0 Å². The highest BCUT2D eigenvalue weighted by Crippen LogP contribution is 2.30. The molecule has 1 aromatic rings. The van der Waals surface area contributed by atoms with Gasteiger partial charge < -0.3 is 5.11 Å². The molecule has 1 aliphatic rings. The molecule has 0 saturated carbocycles. The van der Waals surface area contributed by atoms with Gasteiger partial charge in [-0.05, 0) is 43.0 Å². The van der Waals surface area contributed by atoms with Crippen LogP contribution in [0.2, 0.25) is 0 Å². The minimum absolute atomic E-state index is 0.0272. The van der Waals surface area contributed by atoms with Crippen molar-refractivity contribution in [2.75, 3.05) is 6.54 Å². The molecule has 0 aromatic heterocycles. The predicted octanol–water partition coefficient (Wildman–Crippen LogP) is 1.35. The molecule has 112 valence electrons. The average molecular weight is 308 g/mol. The topological polar surface area (TPSA) is 98.5 Å². The Bertz CT molecular complexity index is 721. The molecule has 1 fully saturated rings. The van der Waals surface area contributed by atoms with Crippen LogP contribution in [0.15, 0.2) is 23.1 Å². The van der Waals surface area contributed by atoms with Crippen molar-refractivity contribution in [3.05, 3.63) is 29.3 Å². The van der Waals surface area contributed by atoms with E-state index >= 15 is 0 Å². The van der Waals surface area contributed by atoms with Crippen molar-refractivity contribution in [1.29, 1.82) is 5.26 Å². The fourth-order valence-corrected chi connectivity index (χ4v) is 4.38. The number of carboxylic acids is 1. The molecule has 2 atom stereocenters. The lowest BCUT2D eigenvalue weighted by Gasteiger charge is -2.23. The minimum Gasteiger partial charge on any atom is -0.480 e. The van der Waals surface area contributed by atoms with Gasteiger partial charge in [-0.3, -0.25) is 4.79 Å². The molecule has 2 rings (SSSR count). The maximum absolute atomic E-state index is 12.6. The zero-order valence-corrected chi connectivity index (χ0v) is 12.6. The average Bonchev–Trinajstić information content (AvgIpc) is 2.81. The smallest absolute Gasteiger partial charge is 0.322 e. The third-order valence-corrected chi connectivity index (χ3v) is 5.71. The molecule has 0 amide bonds. The summed E-state index contributed by atoms with van der Waals surface area (Å²) >= 11 is 0. The summed E-state index contributed by atoms with van der Waals surface area (Å²) in [6.07, 6.45) is 0.519. The first kappa shape index (κ1) is 15.5. The highest BCUT2D eigenvalue weighted by Gasteiger charge is 2.43. The molecule has 0 radical (unpaired) electrons. The van der Waals surface area contributed by atoms with E-state index in [1.807, 2.05) is 6.07 Å². The lowest BCUT2D eigenvalue weighted by molar-refractivity contribution is -0.141. The molecular weight excluding hydrogens is 292 g/mol. The van der Waals surface area contributed by atoms with Crippen LogP contribution in [0.1, 0.15) is 24.5 Å². The summed E-state index contributed by atoms with van der Waals surface area (Å²) in [6.45, 7) is 3.58. The molecule has 0 bridgehead atoms. The Morgan fingerprint density at radius 1 is 1.48 bits per heavy atom. The Kier molecular flexibility index (Phi) is 4.03. The van der Waals surface area contributed by atoms with Gasteiger partial charge in [-0.15, -0.1) is 0 Å². The van der Waals surface area contributed by atoms with Crippen LogP contribution in [0.5, 0.6) is 0 Å². The van der Waals surface area contributed by atoms with Crippen molar-refractivity contribution in [2.24, 2.45) is 5.92 Å². The number of aryl methyl sites for hydroxylation is 1. The summed E-state index contributed by atoms with van der Waals surface area (Å²) in [5.74, 6) is -1.36. The van der Waals surface area contributed by atoms with Crippen molar-refractivity contribution in [3.8, 4) is 6.07 Å². The van der Waals surface area contributed by atoms with Gasteiger partial charge in [0.2, 0.25) is 10.0 Å². The maximum atomic E-state index is 12.6. The Labute approximate surface area is 123 Å². The fourth-order valence-electron chi connectivity index (χ4n) is 2.61. The lowest BCUT2D eigenvalue weighted by atomic mass is 10.0. The van der Waals surface area contributed by atoms with Crippen LogP contribution in [0.4, 0.5) is 0 Å². The number of nitrogens with zero attached hydrogens (tertiary/aromatic N) is 2. The minimum atomic E-state index is -3.87. The number of nitriles is 1. The van der Waals surface area contributed by atoms with Gasteiger partial charge in [-0.1, -0.05) is 6.92 Å². The first-order valence-electron chi connectivity index (χ1n) is 6.54. The van der Waals surface area contributed by atoms with Crippen LogP contribution in [0.3, 0.4) is 0 Å². The fraction of sp³-hybridized carbons (Fsp3) is 0.429. The van der Waals surface area contributed by atoms with E-state index in [9.17, 15) is 18.3 Å². The molecule has 2 unspecified atom stereocenters. The summed E-state index contributed by atoms with van der Waals surface area (Å²) in [5, 5.41) is 18.1. The van der Waals surface area contributed by atoms with E-state index in [-0.39, 0.29) is 17.4 Å². The second-order valence-electron chi connectivity index (χ2n) is 5.25. The molecule has 6 nitrogen and oxygen atoms in total. The van der Waals surface area contributed by atoms with E-state index in [0.29, 0.717) is 17.5 Å². The monoisotopic (exact) mass is 308 g/mol. The van der Waals surface area contributed by atoms with Crippen molar-refractivity contribution < 1.29 is 18.3 Å². The van der Waals surface area contributed by atoms with E-state index in [1.165, 1.54) is 18.2 Å². The number of carboxylic acid groups (broad SMARTS) is 1. The Morgan fingerprint density at radius 2 is 2.14 bits per heavy atom. The zero-order valence-electron chi connectivity index (χ0n) is 11.8. The van der Waals surface area contributed by atoms with Gasteiger partial charge in [0.25, 0.3) is 0 Å². The molecule has 0 spiro atoms. The number of hydrogen-bond donors (Lipinski definition) is 1. The summed E-state index contributed by atoms with van der Waals surface area (Å²) in [6, 6.07) is 5.14. The molecule has 1 N–H and O–H groups in total. The maximum Gasteiger partial charge on any atom is 0.322 e. The normalized spacial score (nSPS) is 22.9. The number of benzene rings is 1. The second-order valence-corrected chi connectivity index (χ2v) is 7.14. The highest BCUT2D eigenvalue weighted by molar-refractivity contribution is 7.89. The van der Waals surface area contributed by atoms with Crippen LogP contribution in [-0.4, -0.2) is 36.4 Å². The molecule has 1 aliphatic heterocycles. The van der Waals surface area contributed by atoms with Crippen molar-refractivity contribution >= 4 is 16.0 Å². The first-order chi connectivity index (χ1) is 9.78. The van der Waals surface area contributed by atoms with E-state index in [1.54, 1.807) is 13.8 Å². The first-order valence-corrected chi connectivity index (χ1v) is 7.98. The van der Waals surface area contributed by atoms with Crippen molar-refractivity contribution in [2.45, 2.75) is 31.2 Å². The zero-order chi connectivity index (χ0) is 15.8. The van der Waals surface area contributed by atoms with E-state index in [2.05, 4.69) is 0 Å². The molecule has 21 heavy (non-hydrogen) atoms. The van der Waals surface area contributed by atoms with Gasteiger partial charge in [0, 0.05) is 6.54 Å². The van der Waals surface area contributed by atoms with Gasteiger partial charge in [-0.25, -0.2) is 8.42 Å². The standard InChI is InChI=1S/C14H16N2O4S/c1-9-5-6-16(13(9)14(17)18)21(19,20)12-4-3-11(8-15)10(2)7-12/h3-4,7,9,13H,5-6H2,1-2H3,(H,17,18). The van der Waals surface area contributed by atoms with E-state index in [0.717, 1.165) is 4.31 Å². The number of carbonyl (C=O) groups is 1. The number of rotatable bonds is 3. The van der Waals surface area contributed by atoms with E-state index in [4.69, 9.17) is 5.26 Å². The number of aliphatic carboxylic acids is 1. The number of sulfonamides is 1. The molecule has 1 heterocycles. The Morgan fingerprint density at radius 3 is 2.67 bits per heavy atom. The second kappa shape index (κ2) is 5.47. The Balaban J connectivity index is 2.45. The molecule has 7 heteroatoms. The molecular formula is C14H16N2O4S. The predicted molar refractivity (Wildman–Crippen MR) is 75.0 cm³/mol. The SMILES string of the molecule is Cc1cc(S(=O)(=O)N2CCC(C)C2C(=O)O)ccc1C#N. The Hall–Kier alpha value is -1.91. The summed E-state index contributed by atoms with van der Waals surface area (Å²) < 4.78 is 26.3. The van der Waals surface area contributed by atoms with Crippen LogP contribution >= 0.6 is 0 Å². The molecule has 1 saturated heterocycles. The summed E-state index contributed by atoms with van der Waals surface area (Å²) in [4.78, 5) is 11.3. The van der Waals surface area contributed by atoms with Crippen LogP contribution in [0.25, 0.3) is 0 Å². The lowest BCUT2D eigenvalue weighted by Crippen LogP contribution is -2.42.